The molecule has 2 aromatic rings. The molecule has 0 aromatic carbocycles. The van der Waals surface area contributed by atoms with Crippen molar-refractivity contribution in [1.29, 1.82) is 0 Å². The van der Waals surface area contributed by atoms with Gasteiger partial charge in [-0.2, -0.15) is 0 Å². The maximum atomic E-state index is 11.7. The van der Waals surface area contributed by atoms with E-state index in [2.05, 4.69) is 20.7 Å². The fraction of sp³-hybridized carbons (Fsp3) is 0.250. The molecule has 0 fully saturated rings. The summed E-state index contributed by atoms with van der Waals surface area (Å²) < 4.78 is 9.72. The smallest absolute Gasteiger partial charge is 0.279 e. The predicted molar refractivity (Wildman–Crippen MR) is 59.5 cm³/mol. The van der Waals surface area contributed by atoms with Gasteiger partial charge in [-0.05, 0) is 0 Å². The second-order valence-corrected chi connectivity index (χ2v) is 4.02. The Morgan fingerprint density at radius 1 is 1.65 bits per heavy atom. The molecule has 0 saturated heterocycles. The van der Waals surface area contributed by atoms with E-state index in [1.165, 1.54) is 13.2 Å². The highest BCUT2D eigenvalue weighted by Gasteiger charge is 2.14. The molecular formula is C8H9N5O3S. The molecule has 90 valence electrons. The van der Waals surface area contributed by atoms with Crippen LogP contribution in [-0.4, -0.2) is 28.4 Å². The summed E-state index contributed by atoms with van der Waals surface area (Å²) in [5.74, 6) is 0.0293. The lowest BCUT2D eigenvalue weighted by atomic mass is 10.3. The number of rotatable bonds is 4. The topological polar surface area (TPSA) is 116 Å². The summed E-state index contributed by atoms with van der Waals surface area (Å²) in [6.07, 6.45) is 0. The van der Waals surface area contributed by atoms with Crippen LogP contribution in [-0.2, 0) is 11.3 Å². The van der Waals surface area contributed by atoms with E-state index >= 15 is 0 Å². The number of anilines is 2. The minimum absolute atomic E-state index is 0.144. The van der Waals surface area contributed by atoms with Crippen LogP contribution in [0.1, 0.15) is 16.2 Å². The Hall–Kier alpha value is -2.00. The van der Waals surface area contributed by atoms with Crippen molar-refractivity contribution in [3.63, 3.8) is 0 Å². The van der Waals surface area contributed by atoms with Crippen molar-refractivity contribution in [2.24, 2.45) is 0 Å². The van der Waals surface area contributed by atoms with Crippen molar-refractivity contribution in [1.82, 2.24) is 15.4 Å². The molecule has 1 amide bonds. The third-order valence-corrected chi connectivity index (χ3v) is 2.41. The molecule has 0 radical (unpaired) electrons. The first kappa shape index (κ1) is 11.5. The van der Waals surface area contributed by atoms with Gasteiger partial charge in [0.15, 0.2) is 11.5 Å². The standard InChI is InChI=1S/C8H9N5O3S/c1-15-3-4-2-5(13-16-4)6(14)10-8-12-11-7(9)17-8/h2H,3H2,1H3,(H2,9,11)(H,10,12,14). The van der Waals surface area contributed by atoms with E-state index in [1.807, 2.05) is 0 Å². The lowest BCUT2D eigenvalue weighted by molar-refractivity contribution is 0.101. The van der Waals surface area contributed by atoms with Crippen LogP contribution < -0.4 is 11.1 Å². The van der Waals surface area contributed by atoms with Gasteiger partial charge in [0.2, 0.25) is 10.3 Å². The third kappa shape index (κ3) is 2.77. The Morgan fingerprint density at radius 2 is 2.47 bits per heavy atom. The Morgan fingerprint density at radius 3 is 3.12 bits per heavy atom. The van der Waals surface area contributed by atoms with Crippen LogP contribution in [0.4, 0.5) is 10.3 Å². The van der Waals surface area contributed by atoms with E-state index in [0.29, 0.717) is 10.9 Å². The first-order valence-electron chi connectivity index (χ1n) is 4.54. The Balaban J connectivity index is 2.03. The number of ether oxygens (including phenoxy) is 1. The van der Waals surface area contributed by atoms with Crippen LogP contribution in [0.15, 0.2) is 10.6 Å². The third-order valence-electron chi connectivity index (χ3n) is 1.74. The Kier molecular flexibility index (Phi) is 3.30. The van der Waals surface area contributed by atoms with Crippen LogP contribution >= 0.6 is 11.3 Å². The Labute approximate surface area is 99.8 Å². The van der Waals surface area contributed by atoms with Crippen molar-refractivity contribution in [3.8, 4) is 0 Å². The minimum atomic E-state index is -0.438. The first-order valence-corrected chi connectivity index (χ1v) is 5.35. The number of nitrogens with two attached hydrogens (primary N) is 1. The van der Waals surface area contributed by atoms with Crippen LogP contribution in [0.3, 0.4) is 0 Å². The fourth-order valence-corrected chi connectivity index (χ4v) is 1.58. The highest BCUT2D eigenvalue weighted by molar-refractivity contribution is 7.19. The highest BCUT2D eigenvalue weighted by atomic mass is 32.1. The Bertz CT molecular complexity index is 523. The largest absolute Gasteiger partial charge is 0.377 e. The lowest BCUT2D eigenvalue weighted by Gasteiger charge is -1.94. The van der Waals surface area contributed by atoms with Crippen molar-refractivity contribution in [3.05, 3.63) is 17.5 Å². The number of nitrogen functional groups attached to an aromatic ring is 1. The fourth-order valence-electron chi connectivity index (χ4n) is 1.08. The van der Waals surface area contributed by atoms with Crippen molar-refractivity contribution < 1.29 is 14.1 Å². The number of hydrogen-bond donors (Lipinski definition) is 2. The number of nitrogens with one attached hydrogen (secondary N) is 1. The molecule has 3 N–H and O–H groups in total. The van der Waals surface area contributed by atoms with Gasteiger partial charge < -0.3 is 15.0 Å². The van der Waals surface area contributed by atoms with Gasteiger partial charge in [0.05, 0.1) is 0 Å². The molecule has 0 aliphatic heterocycles. The lowest BCUT2D eigenvalue weighted by Crippen LogP contribution is -2.11. The van der Waals surface area contributed by atoms with Gasteiger partial charge in [0, 0.05) is 13.2 Å². The molecule has 8 nitrogen and oxygen atoms in total. The van der Waals surface area contributed by atoms with E-state index < -0.39 is 5.91 Å². The molecule has 0 atom stereocenters. The molecule has 9 heteroatoms. The number of methoxy groups -OCH3 is 1. The number of nitrogens with zero attached hydrogens (tertiary/aromatic N) is 3. The molecule has 0 bridgehead atoms. The maximum absolute atomic E-state index is 11.7. The quantitative estimate of drug-likeness (QED) is 0.817. The van der Waals surface area contributed by atoms with Crippen LogP contribution in [0.2, 0.25) is 0 Å². The molecule has 0 spiro atoms. The SMILES string of the molecule is COCc1cc(C(=O)Nc2nnc(N)s2)no1. The zero-order valence-electron chi connectivity index (χ0n) is 8.84. The zero-order valence-corrected chi connectivity index (χ0v) is 9.65. The molecule has 2 rings (SSSR count). The second-order valence-electron chi connectivity index (χ2n) is 3.01. The van der Waals surface area contributed by atoms with Crippen molar-refractivity contribution in [2.75, 3.05) is 18.2 Å². The zero-order chi connectivity index (χ0) is 12.3. The predicted octanol–water partition coefficient (Wildman–Crippen LogP) is 0.507. The van der Waals surface area contributed by atoms with Gasteiger partial charge in [0.1, 0.15) is 6.61 Å². The molecular weight excluding hydrogens is 246 g/mol. The van der Waals surface area contributed by atoms with E-state index in [-0.39, 0.29) is 17.4 Å². The monoisotopic (exact) mass is 255 g/mol. The van der Waals surface area contributed by atoms with Gasteiger partial charge in [-0.15, -0.1) is 10.2 Å². The van der Waals surface area contributed by atoms with Crippen LogP contribution in [0.5, 0.6) is 0 Å². The van der Waals surface area contributed by atoms with Crippen LogP contribution in [0, 0.1) is 0 Å². The summed E-state index contributed by atoms with van der Waals surface area (Å²) in [5, 5.41) is 13.9. The van der Waals surface area contributed by atoms with E-state index in [4.69, 9.17) is 15.0 Å². The molecule has 17 heavy (non-hydrogen) atoms. The molecule has 2 heterocycles. The summed E-state index contributed by atoms with van der Waals surface area (Å²) in [4.78, 5) is 11.7. The van der Waals surface area contributed by atoms with Crippen molar-refractivity contribution >= 4 is 27.5 Å². The van der Waals surface area contributed by atoms with Crippen LogP contribution in [0.25, 0.3) is 0 Å². The number of aromatic nitrogens is 3. The maximum Gasteiger partial charge on any atom is 0.279 e. The molecule has 0 aliphatic rings. The van der Waals surface area contributed by atoms with E-state index in [0.717, 1.165) is 11.3 Å². The van der Waals surface area contributed by atoms with Gasteiger partial charge in [0.25, 0.3) is 5.91 Å². The average Bonchev–Trinajstić information content (AvgIpc) is 2.88. The number of carbonyl (C=O) groups excluding carboxylic acids is 1. The molecule has 2 aromatic heterocycles. The van der Waals surface area contributed by atoms with Gasteiger partial charge in [-0.3, -0.25) is 10.1 Å². The first-order chi connectivity index (χ1) is 8.19. The summed E-state index contributed by atoms with van der Waals surface area (Å²) in [6.45, 7) is 0.256. The average molecular weight is 255 g/mol. The number of carbonyl (C=O) groups is 1. The number of hydrogen-bond acceptors (Lipinski definition) is 8. The van der Waals surface area contributed by atoms with Gasteiger partial charge in [-0.25, -0.2) is 0 Å². The summed E-state index contributed by atoms with van der Waals surface area (Å²) in [5.41, 5.74) is 5.52. The minimum Gasteiger partial charge on any atom is -0.377 e. The van der Waals surface area contributed by atoms with E-state index in [9.17, 15) is 4.79 Å². The number of amides is 1. The summed E-state index contributed by atoms with van der Waals surface area (Å²) in [6, 6.07) is 1.49. The van der Waals surface area contributed by atoms with Crippen molar-refractivity contribution in [2.45, 2.75) is 6.61 Å². The van der Waals surface area contributed by atoms with E-state index in [1.54, 1.807) is 0 Å². The normalized spacial score (nSPS) is 10.4. The van der Waals surface area contributed by atoms with Gasteiger partial charge in [-0.1, -0.05) is 16.5 Å². The molecule has 0 unspecified atom stereocenters. The second kappa shape index (κ2) is 4.89. The summed E-state index contributed by atoms with van der Waals surface area (Å²) >= 11 is 1.07. The van der Waals surface area contributed by atoms with Gasteiger partial charge >= 0.3 is 0 Å². The molecule has 0 saturated carbocycles. The highest BCUT2D eigenvalue weighted by Crippen LogP contribution is 2.17. The molecule has 0 aliphatic carbocycles. The summed E-state index contributed by atoms with van der Waals surface area (Å²) in [7, 11) is 1.52.